The lowest BCUT2D eigenvalue weighted by molar-refractivity contribution is -0.122. The summed E-state index contributed by atoms with van der Waals surface area (Å²) in [6, 6.07) is 14.9. The highest BCUT2D eigenvalue weighted by Gasteiger charge is 2.18. The van der Waals surface area contributed by atoms with E-state index in [1.54, 1.807) is 6.92 Å². The average Bonchev–Trinajstić information content (AvgIpc) is 2.60. The van der Waals surface area contributed by atoms with Gasteiger partial charge in [0.1, 0.15) is 5.75 Å². The Morgan fingerprint density at radius 3 is 2.29 bits per heavy atom. The van der Waals surface area contributed by atoms with Crippen LogP contribution in [0.2, 0.25) is 0 Å². The topological polar surface area (TPSA) is 84.5 Å². The van der Waals surface area contributed by atoms with Gasteiger partial charge in [-0.15, -0.1) is 0 Å². The Balaban J connectivity index is 2.05. The van der Waals surface area contributed by atoms with Gasteiger partial charge in [0, 0.05) is 13.1 Å². The van der Waals surface area contributed by atoms with E-state index >= 15 is 0 Å². The third-order valence-electron chi connectivity index (χ3n) is 3.41. The number of benzene rings is 2. The maximum atomic E-state index is 12.4. The predicted octanol–water partition coefficient (Wildman–Crippen LogP) is 1.85. The van der Waals surface area contributed by atoms with Crippen LogP contribution in [0.15, 0.2) is 59.5 Å². The van der Waals surface area contributed by atoms with Gasteiger partial charge in [-0.05, 0) is 36.8 Å². The molecule has 1 amide bonds. The van der Waals surface area contributed by atoms with Crippen molar-refractivity contribution in [2.24, 2.45) is 0 Å². The van der Waals surface area contributed by atoms with Crippen molar-refractivity contribution in [3.05, 3.63) is 60.2 Å². The van der Waals surface area contributed by atoms with Crippen LogP contribution in [-0.4, -0.2) is 28.0 Å². The second kappa shape index (κ2) is 7.94. The number of carbonyl (C=O) groups excluding carboxylic acids is 1. The smallest absolute Gasteiger partial charge is 0.257 e. The molecule has 2 rings (SSSR count). The molecule has 0 aliphatic carbocycles. The predicted molar refractivity (Wildman–Crippen MR) is 91.2 cm³/mol. The molecule has 0 heterocycles. The summed E-state index contributed by atoms with van der Waals surface area (Å²) in [5, 5.41) is 2.44. The molecule has 128 valence electrons. The second-order valence-electron chi connectivity index (χ2n) is 5.19. The van der Waals surface area contributed by atoms with Crippen LogP contribution in [0, 0.1) is 0 Å². The first-order chi connectivity index (χ1) is 11.4. The van der Waals surface area contributed by atoms with Crippen molar-refractivity contribution in [2.75, 3.05) is 13.7 Å². The summed E-state index contributed by atoms with van der Waals surface area (Å²) in [5.41, 5.74) is 0.881. The summed E-state index contributed by atoms with van der Waals surface area (Å²) in [5.74, 6) is 0.165. The van der Waals surface area contributed by atoms with Crippen molar-refractivity contribution in [1.29, 1.82) is 0 Å². The SMILES string of the molecule is CNC(=O)COc1ccc(S(=O)(=O)N[C@H](C)c2ccccc2)cc1. The monoisotopic (exact) mass is 348 g/mol. The molecule has 0 fully saturated rings. The highest BCUT2D eigenvalue weighted by molar-refractivity contribution is 7.89. The Morgan fingerprint density at radius 1 is 1.08 bits per heavy atom. The lowest BCUT2D eigenvalue weighted by Crippen LogP contribution is -2.27. The molecule has 0 aliphatic rings. The van der Waals surface area contributed by atoms with Gasteiger partial charge < -0.3 is 10.1 Å². The first-order valence-corrected chi connectivity index (χ1v) is 8.91. The largest absolute Gasteiger partial charge is 0.484 e. The van der Waals surface area contributed by atoms with Crippen LogP contribution in [0.3, 0.4) is 0 Å². The number of nitrogens with one attached hydrogen (secondary N) is 2. The fraction of sp³-hybridized carbons (Fsp3) is 0.235. The van der Waals surface area contributed by atoms with E-state index in [2.05, 4.69) is 10.0 Å². The number of likely N-dealkylation sites (N-methyl/N-ethyl adjacent to an activating group) is 1. The first-order valence-electron chi connectivity index (χ1n) is 7.43. The molecule has 0 bridgehead atoms. The van der Waals surface area contributed by atoms with E-state index in [0.29, 0.717) is 5.75 Å². The number of hydrogen-bond donors (Lipinski definition) is 2. The van der Waals surface area contributed by atoms with Gasteiger partial charge in [-0.2, -0.15) is 0 Å². The Bertz CT molecular complexity index is 774. The molecule has 1 atom stereocenters. The summed E-state index contributed by atoms with van der Waals surface area (Å²) in [6.07, 6.45) is 0. The quantitative estimate of drug-likeness (QED) is 0.800. The lowest BCUT2D eigenvalue weighted by Gasteiger charge is -2.15. The van der Waals surface area contributed by atoms with Gasteiger partial charge in [0.05, 0.1) is 4.90 Å². The zero-order valence-electron chi connectivity index (χ0n) is 13.5. The van der Waals surface area contributed by atoms with E-state index < -0.39 is 10.0 Å². The zero-order valence-corrected chi connectivity index (χ0v) is 14.3. The number of ether oxygens (including phenoxy) is 1. The van der Waals surface area contributed by atoms with E-state index in [1.807, 2.05) is 30.3 Å². The van der Waals surface area contributed by atoms with Gasteiger partial charge in [0.2, 0.25) is 10.0 Å². The van der Waals surface area contributed by atoms with Crippen LogP contribution < -0.4 is 14.8 Å². The molecular formula is C17H20N2O4S. The molecule has 0 unspecified atom stereocenters. The van der Waals surface area contributed by atoms with Crippen molar-refractivity contribution < 1.29 is 17.9 Å². The standard InChI is InChI=1S/C17H20N2O4S/c1-13(14-6-4-3-5-7-14)19-24(21,22)16-10-8-15(9-11-16)23-12-17(20)18-2/h3-11,13,19H,12H2,1-2H3,(H,18,20)/t13-/m1/s1. The van der Waals surface area contributed by atoms with E-state index in [9.17, 15) is 13.2 Å². The summed E-state index contributed by atoms with van der Waals surface area (Å²) >= 11 is 0. The molecule has 0 aliphatic heterocycles. The van der Waals surface area contributed by atoms with Crippen molar-refractivity contribution in [3.8, 4) is 5.75 Å². The molecule has 2 N–H and O–H groups in total. The van der Waals surface area contributed by atoms with Gasteiger partial charge in [-0.3, -0.25) is 4.79 Å². The Labute approximate surface area is 141 Å². The highest BCUT2D eigenvalue weighted by Crippen LogP contribution is 2.19. The van der Waals surface area contributed by atoms with Crippen LogP contribution in [0.1, 0.15) is 18.5 Å². The summed E-state index contributed by atoms with van der Waals surface area (Å²) < 4.78 is 32.7. The summed E-state index contributed by atoms with van der Waals surface area (Å²) in [7, 11) is -2.13. The molecular weight excluding hydrogens is 328 g/mol. The number of rotatable bonds is 7. The Kier molecular flexibility index (Phi) is 5.94. The van der Waals surface area contributed by atoms with Crippen molar-refractivity contribution in [3.63, 3.8) is 0 Å². The van der Waals surface area contributed by atoms with Crippen LogP contribution in [0.5, 0.6) is 5.75 Å². The Morgan fingerprint density at radius 2 is 1.71 bits per heavy atom. The first kappa shape index (κ1) is 18.0. The minimum absolute atomic E-state index is 0.119. The number of carbonyl (C=O) groups is 1. The van der Waals surface area contributed by atoms with Gasteiger partial charge >= 0.3 is 0 Å². The second-order valence-corrected chi connectivity index (χ2v) is 6.90. The molecule has 24 heavy (non-hydrogen) atoms. The minimum atomic E-state index is -3.65. The number of sulfonamides is 1. The molecule has 0 aromatic heterocycles. The lowest BCUT2D eigenvalue weighted by atomic mass is 10.1. The van der Waals surface area contributed by atoms with E-state index in [-0.39, 0.29) is 23.5 Å². The average molecular weight is 348 g/mol. The maximum Gasteiger partial charge on any atom is 0.257 e. The number of amides is 1. The molecule has 0 saturated heterocycles. The number of hydrogen-bond acceptors (Lipinski definition) is 4. The van der Waals surface area contributed by atoms with Crippen molar-refractivity contribution >= 4 is 15.9 Å². The molecule has 7 heteroatoms. The fourth-order valence-corrected chi connectivity index (χ4v) is 3.28. The van der Waals surface area contributed by atoms with Crippen LogP contribution >= 0.6 is 0 Å². The van der Waals surface area contributed by atoms with Gasteiger partial charge in [0.25, 0.3) is 5.91 Å². The highest BCUT2D eigenvalue weighted by atomic mass is 32.2. The molecule has 6 nitrogen and oxygen atoms in total. The molecule has 2 aromatic carbocycles. The normalized spacial score (nSPS) is 12.4. The Hall–Kier alpha value is -2.38. The third-order valence-corrected chi connectivity index (χ3v) is 4.97. The molecule has 0 saturated carbocycles. The van der Waals surface area contributed by atoms with E-state index in [1.165, 1.54) is 31.3 Å². The van der Waals surface area contributed by atoms with Crippen molar-refractivity contribution in [2.45, 2.75) is 17.9 Å². The summed E-state index contributed by atoms with van der Waals surface area (Å²) in [6.45, 7) is 1.67. The van der Waals surface area contributed by atoms with Crippen LogP contribution in [-0.2, 0) is 14.8 Å². The third kappa shape index (κ3) is 4.81. The van der Waals surface area contributed by atoms with Gasteiger partial charge in [-0.1, -0.05) is 30.3 Å². The van der Waals surface area contributed by atoms with Gasteiger partial charge in [-0.25, -0.2) is 13.1 Å². The molecule has 2 aromatic rings. The van der Waals surface area contributed by atoms with E-state index in [4.69, 9.17) is 4.74 Å². The molecule has 0 spiro atoms. The van der Waals surface area contributed by atoms with Crippen LogP contribution in [0.25, 0.3) is 0 Å². The molecule has 0 radical (unpaired) electrons. The summed E-state index contributed by atoms with van der Waals surface area (Å²) in [4.78, 5) is 11.3. The van der Waals surface area contributed by atoms with Crippen molar-refractivity contribution in [1.82, 2.24) is 10.0 Å². The van der Waals surface area contributed by atoms with Crippen LogP contribution in [0.4, 0.5) is 0 Å². The zero-order chi connectivity index (χ0) is 17.6. The van der Waals surface area contributed by atoms with E-state index in [0.717, 1.165) is 5.56 Å². The minimum Gasteiger partial charge on any atom is -0.484 e. The van der Waals surface area contributed by atoms with Gasteiger partial charge in [0.15, 0.2) is 6.61 Å². The fourth-order valence-electron chi connectivity index (χ4n) is 2.05. The maximum absolute atomic E-state index is 12.4.